The van der Waals surface area contributed by atoms with Crippen molar-refractivity contribution in [2.75, 3.05) is 0 Å². The zero-order chi connectivity index (χ0) is 17.0. The number of aromatic nitrogens is 3. The minimum absolute atomic E-state index is 0.224. The van der Waals surface area contributed by atoms with Gasteiger partial charge in [-0.05, 0) is 44.2 Å². The van der Waals surface area contributed by atoms with Crippen molar-refractivity contribution in [2.24, 2.45) is 0 Å². The first-order valence-corrected chi connectivity index (χ1v) is 8.69. The third kappa shape index (κ3) is 2.56. The van der Waals surface area contributed by atoms with Crippen molar-refractivity contribution in [2.45, 2.75) is 44.2 Å². The number of benzene rings is 1. The average molecular weight is 341 g/mol. The Morgan fingerprint density at radius 2 is 1.80 bits per heavy atom. The normalized spacial score (nSPS) is 17.7. The summed E-state index contributed by atoms with van der Waals surface area (Å²) in [5, 5.41) is 8.81. The molecule has 0 N–H and O–H groups in total. The smallest absolute Gasteiger partial charge is 0.234 e. The van der Waals surface area contributed by atoms with Crippen LogP contribution in [0, 0.1) is 11.6 Å². The Kier molecular flexibility index (Phi) is 3.26. The van der Waals surface area contributed by atoms with Gasteiger partial charge in [0.1, 0.15) is 6.10 Å². The molecule has 0 spiro atoms. The van der Waals surface area contributed by atoms with Gasteiger partial charge in [-0.15, -0.1) is 5.10 Å². The van der Waals surface area contributed by atoms with Gasteiger partial charge in [-0.1, -0.05) is 0 Å². The quantitative estimate of drug-likeness (QED) is 0.694. The molecule has 0 atom stereocenters. The largest absolute Gasteiger partial charge is 0.473 e. The molecule has 128 valence electrons. The van der Waals surface area contributed by atoms with Crippen LogP contribution in [-0.4, -0.2) is 20.9 Å². The van der Waals surface area contributed by atoms with Crippen LogP contribution in [0.2, 0.25) is 0 Å². The predicted molar refractivity (Wildman–Crippen MR) is 89.4 cm³/mol. The van der Waals surface area contributed by atoms with E-state index in [1.165, 1.54) is 18.6 Å². The van der Waals surface area contributed by atoms with Crippen LogP contribution >= 0.6 is 0 Å². The maximum atomic E-state index is 13.7. The second-order valence-corrected chi connectivity index (χ2v) is 6.91. The summed E-state index contributed by atoms with van der Waals surface area (Å²) >= 11 is 0. The predicted octanol–water partition coefficient (Wildman–Crippen LogP) is 4.64. The molecule has 2 aromatic heterocycles. The van der Waals surface area contributed by atoms with Crippen molar-refractivity contribution in [1.82, 2.24) is 14.8 Å². The van der Waals surface area contributed by atoms with Crippen LogP contribution in [0.1, 0.15) is 38.1 Å². The summed E-state index contributed by atoms with van der Waals surface area (Å²) < 4.78 is 35.3. The minimum Gasteiger partial charge on any atom is -0.473 e. The first kappa shape index (κ1) is 14.8. The highest BCUT2D eigenvalue weighted by atomic mass is 19.2. The summed E-state index contributed by atoms with van der Waals surface area (Å²) in [6.07, 6.45) is 7.26. The van der Waals surface area contributed by atoms with Gasteiger partial charge in [0.05, 0.1) is 17.4 Å². The molecule has 0 unspecified atom stereocenters. The molecule has 0 saturated heterocycles. The van der Waals surface area contributed by atoms with Crippen molar-refractivity contribution in [3.05, 3.63) is 42.1 Å². The third-order valence-corrected chi connectivity index (χ3v) is 5.06. The highest BCUT2D eigenvalue weighted by Gasteiger charge is 2.29. The minimum atomic E-state index is -0.825. The average Bonchev–Trinajstić information content (AvgIpc) is 3.34. The fraction of sp³-hybridized carbons (Fsp3) is 0.368. The molecule has 25 heavy (non-hydrogen) atoms. The van der Waals surface area contributed by atoms with Crippen molar-refractivity contribution < 1.29 is 13.5 Å². The number of rotatable bonds is 4. The van der Waals surface area contributed by atoms with Gasteiger partial charge in [0.2, 0.25) is 5.88 Å². The molecule has 0 amide bonds. The van der Waals surface area contributed by atoms with Crippen LogP contribution in [0.25, 0.3) is 22.2 Å². The summed E-state index contributed by atoms with van der Waals surface area (Å²) in [6, 6.07) is 6.62. The van der Waals surface area contributed by atoms with Gasteiger partial charge in [0.15, 0.2) is 11.6 Å². The van der Waals surface area contributed by atoms with E-state index in [0.29, 0.717) is 17.3 Å². The van der Waals surface area contributed by atoms with Gasteiger partial charge in [0, 0.05) is 29.1 Å². The molecule has 2 aliphatic rings. The number of hydrogen-bond donors (Lipinski definition) is 0. The van der Waals surface area contributed by atoms with Crippen LogP contribution in [0.5, 0.6) is 5.88 Å². The summed E-state index contributed by atoms with van der Waals surface area (Å²) in [4.78, 5) is 0. The molecule has 6 heteroatoms. The van der Waals surface area contributed by atoms with Crippen molar-refractivity contribution in [3.63, 3.8) is 0 Å². The summed E-state index contributed by atoms with van der Waals surface area (Å²) in [5.41, 5.74) is 2.47. The second kappa shape index (κ2) is 5.51. The van der Waals surface area contributed by atoms with Gasteiger partial charge in [-0.25, -0.2) is 8.78 Å². The van der Waals surface area contributed by atoms with E-state index in [1.807, 2.05) is 12.1 Å². The molecule has 1 aromatic carbocycles. The third-order valence-electron chi connectivity index (χ3n) is 5.06. The molecule has 4 nitrogen and oxygen atoms in total. The maximum absolute atomic E-state index is 13.7. The van der Waals surface area contributed by atoms with Crippen LogP contribution in [0.4, 0.5) is 8.78 Å². The number of halogens is 2. The summed E-state index contributed by atoms with van der Waals surface area (Å²) in [7, 11) is 0. The molecular formula is C19H17F2N3O. The fourth-order valence-corrected chi connectivity index (χ4v) is 3.38. The first-order valence-electron chi connectivity index (χ1n) is 8.69. The van der Waals surface area contributed by atoms with E-state index >= 15 is 0 Å². The number of ether oxygens (including phenoxy) is 1. The monoisotopic (exact) mass is 341 g/mol. The summed E-state index contributed by atoms with van der Waals surface area (Å²) in [5.74, 6) is -1.14. The van der Waals surface area contributed by atoms with Gasteiger partial charge >= 0.3 is 0 Å². The highest BCUT2D eigenvalue weighted by Crippen LogP contribution is 2.43. The molecule has 0 radical (unpaired) electrons. The fourth-order valence-electron chi connectivity index (χ4n) is 3.38. The van der Waals surface area contributed by atoms with Crippen molar-refractivity contribution in [3.8, 4) is 17.1 Å². The molecule has 2 aliphatic carbocycles. The van der Waals surface area contributed by atoms with Crippen LogP contribution < -0.4 is 4.74 Å². The lowest BCUT2D eigenvalue weighted by atomic mass is 9.96. The standard InChI is InChI=1S/C19H17F2N3O/c20-15-6-11-7-17(24(13-4-5-13)18(11)9-16(15)21)12-8-19(23-22-10-12)25-14-2-1-3-14/h6-10,13-14H,1-5H2. The molecule has 2 heterocycles. The molecule has 2 fully saturated rings. The molecule has 3 aromatic rings. The Balaban J connectivity index is 1.62. The van der Waals surface area contributed by atoms with E-state index in [-0.39, 0.29) is 6.10 Å². The lowest BCUT2D eigenvalue weighted by molar-refractivity contribution is 0.113. The molecule has 5 rings (SSSR count). The van der Waals surface area contributed by atoms with Gasteiger partial charge in [-0.2, -0.15) is 5.10 Å². The maximum Gasteiger partial charge on any atom is 0.234 e. The molecule has 2 saturated carbocycles. The molecular weight excluding hydrogens is 324 g/mol. The van der Waals surface area contributed by atoms with Crippen LogP contribution in [0.3, 0.4) is 0 Å². The second-order valence-electron chi connectivity index (χ2n) is 6.91. The lowest BCUT2D eigenvalue weighted by Crippen LogP contribution is -2.25. The number of nitrogens with zero attached hydrogens (tertiary/aromatic N) is 3. The van der Waals surface area contributed by atoms with Gasteiger partial charge in [-0.3, -0.25) is 0 Å². The number of hydrogen-bond acceptors (Lipinski definition) is 3. The van der Waals surface area contributed by atoms with E-state index in [2.05, 4.69) is 14.8 Å². The Hall–Kier alpha value is -2.50. The lowest BCUT2D eigenvalue weighted by Gasteiger charge is -2.25. The Morgan fingerprint density at radius 3 is 2.52 bits per heavy atom. The van der Waals surface area contributed by atoms with Crippen LogP contribution in [0.15, 0.2) is 30.5 Å². The van der Waals surface area contributed by atoms with E-state index in [1.54, 1.807) is 6.20 Å². The topological polar surface area (TPSA) is 39.9 Å². The van der Waals surface area contributed by atoms with E-state index < -0.39 is 11.6 Å². The van der Waals surface area contributed by atoms with Crippen molar-refractivity contribution >= 4 is 10.9 Å². The van der Waals surface area contributed by atoms with E-state index in [0.717, 1.165) is 42.5 Å². The van der Waals surface area contributed by atoms with Gasteiger partial charge in [0.25, 0.3) is 0 Å². The zero-order valence-corrected chi connectivity index (χ0v) is 13.6. The van der Waals surface area contributed by atoms with Crippen LogP contribution in [-0.2, 0) is 0 Å². The Labute approximate surface area is 143 Å². The number of fused-ring (bicyclic) bond motifs is 1. The highest BCUT2D eigenvalue weighted by molar-refractivity contribution is 5.87. The van der Waals surface area contributed by atoms with Crippen molar-refractivity contribution in [1.29, 1.82) is 0 Å². The van der Waals surface area contributed by atoms with Gasteiger partial charge < -0.3 is 9.30 Å². The molecule has 0 bridgehead atoms. The Morgan fingerprint density at radius 1 is 1.00 bits per heavy atom. The van der Waals surface area contributed by atoms with E-state index in [4.69, 9.17) is 4.74 Å². The summed E-state index contributed by atoms with van der Waals surface area (Å²) in [6.45, 7) is 0. The zero-order valence-electron chi connectivity index (χ0n) is 13.6. The first-order chi connectivity index (χ1) is 12.2. The SMILES string of the molecule is Fc1cc2cc(-c3cnnc(OC4CCC4)c3)n(C3CC3)c2cc1F. The Bertz CT molecular complexity index is 961. The van der Waals surface area contributed by atoms with E-state index in [9.17, 15) is 8.78 Å². The molecule has 0 aliphatic heterocycles.